The van der Waals surface area contributed by atoms with Crippen molar-refractivity contribution < 1.29 is 4.79 Å². The van der Waals surface area contributed by atoms with Crippen molar-refractivity contribution in [2.45, 2.75) is 13.3 Å². The van der Waals surface area contributed by atoms with Gasteiger partial charge in [-0.15, -0.1) is 0 Å². The van der Waals surface area contributed by atoms with E-state index in [1.165, 1.54) is 0 Å². The number of H-pyrrole nitrogens is 1. The number of hydrogen-bond donors (Lipinski definition) is 2. The quantitative estimate of drug-likeness (QED) is 0.699. The van der Waals surface area contributed by atoms with Crippen LogP contribution in [0.2, 0.25) is 10.0 Å². The number of amides is 1. The number of rotatable bonds is 3. The highest BCUT2D eigenvalue weighted by atomic mass is 35.5. The summed E-state index contributed by atoms with van der Waals surface area (Å²) in [6, 6.07) is 11.0. The minimum atomic E-state index is -0.131. The molecule has 5 heteroatoms. The molecule has 112 valence electrons. The second kappa shape index (κ2) is 6.03. The molecule has 0 aliphatic carbocycles. The van der Waals surface area contributed by atoms with E-state index in [1.54, 1.807) is 18.2 Å². The second-order valence-corrected chi connectivity index (χ2v) is 6.00. The number of aryl methyl sites for hydroxylation is 1. The van der Waals surface area contributed by atoms with E-state index in [9.17, 15) is 4.79 Å². The Morgan fingerprint density at radius 1 is 1.23 bits per heavy atom. The third-order valence-electron chi connectivity index (χ3n) is 3.55. The molecule has 3 aromatic rings. The standard InChI is InChI=1S/C17H14Cl2N2O/c1-10-3-2-4-14-17(10)11(9-20-14)7-16(22)21-15-8-12(18)5-6-13(15)19/h2-6,8-9,20H,7H2,1H3,(H,21,22). The number of benzene rings is 2. The Morgan fingerprint density at radius 3 is 2.86 bits per heavy atom. The van der Waals surface area contributed by atoms with Crippen LogP contribution in [0.15, 0.2) is 42.6 Å². The summed E-state index contributed by atoms with van der Waals surface area (Å²) in [6.45, 7) is 2.03. The molecule has 0 fully saturated rings. The van der Waals surface area contributed by atoms with Gasteiger partial charge in [-0.05, 0) is 42.3 Å². The first-order valence-electron chi connectivity index (χ1n) is 6.85. The van der Waals surface area contributed by atoms with Crippen LogP contribution in [0.4, 0.5) is 5.69 Å². The van der Waals surface area contributed by atoms with E-state index in [2.05, 4.69) is 10.3 Å². The molecule has 0 unspecified atom stereocenters. The Labute approximate surface area is 138 Å². The normalized spacial score (nSPS) is 10.9. The summed E-state index contributed by atoms with van der Waals surface area (Å²) < 4.78 is 0. The molecule has 0 spiro atoms. The van der Waals surface area contributed by atoms with Crippen LogP contribution in [0.3, 0.4) is 0 Å². The molecule has 0 saturated carbocycles. The van der Waals surface area contributed by atoms with Crippen LogP contribution >= 0.6 is 23.2 Å². The van der Waals surface area contributed by atoms with Gasteiger partial charge in [-0.25, -0.2) is 0 Å². The van der Waals surface area contributed by atoms with E-state index in [1.807, 2.05) is 31.3 Å². The molecule has 0 aliphatic rings. The zero-order valence-electron chi connectivity index (χ0n) is 11.9. The maximum absolute atomic E-state index is 12.3. The topological polar surface area (TPSA) is 44.9 Å². The van der Waals surface area contributed by atoms with Crippen LogP contribution in [0.1, 0.15) is 11.1 Å². The predicted molar refractivity (Wildman–Crippen MR) is 91.8 cm³/mol. The van der Waals surface area contributed by atoms with Crippen molar-refractivity contribution in [3.63, 3.8) is 0 Å². The van der Waals surface area contributed by atoms with Crippen LogP contribution in [-0.4, -0.2) is 10.9 Å². The molecule has 1 aromatic heterocycles. The molecule has 1 heterocycles. The van der Waals surface area contributed by atoms with E-state index < -0.39 is 0 Å². The number of aromatic nitrogens is 1. The zero-order chi connectivity index (χ0) is 15.7. The smallest absolute Gasteiger partial charge is 0.228 e. The number of anilines is 1. The van der Waals surface area contributed by atoms with E-state index in [0.29, 0.717) is 15.7 Å². The highest BCUT2D eigenvalue weighted by Crippen LogP contribution is 2.26. The number of hydrogen-bond acceptors (Lipinski definition) is 1. The van der Waals surface area contributed by atoms with Crippen LogP contribution in [-0.2, 0) is 11.2 Å². The summed E-state index contributed by atoms with van der Waals surface area (Å²) >= 11 is 12.0. The van der Waals surface area contributed by atoms with E-state index in [0.717, 1.165) is 22.0 Å². The monoisotopic (exact) mass is 332 g/mol. The van der Waals surface area contributed by atoms with Crippen LogP contribution in [0.5, 0.6) is 0 Å². The minimum Gasteiger partial charge on any atom is -0.361 e. The van der Waals surface area contributed by atoms with Crippen molar-refractivity contribution in [2.75, 3.05) is 5.32 Å². The van der Waals surface area contributed by atoms with Crippen LogP contribution < -0.4 is 5.32 Å². The Balaban J connectivity index is 1.83. The fourth-order valence-corrected chi connectivity index (χ4v) is 2.89. The Hall–Kier alpha value is -1.97. The number of fused-ring (bicyclic) bond motifs is 1. The largest absolute Gasteiger partial charge is 0.361 e. The summed E-state index contributed by atoms with van der Waals surface area (Å²) in [5, 5.41) is 4.89. The van der Waals surface area contributed by atoms with Crippen LogP contribution in [0.25, 0.3) is 10.9 Å². The highest BCUT2D eigenvalue weighted by molar-refractivity contribution is 6.35. The third kappa shape index (κ3) is 2.96. The lowest BCUT2D eigenvalue weighted by molar-refractivity contribution is -0.115. The molecular formula is C17H14Cl2N2O. The number of aromatic amines is 1. The summed E-state index contributed by atoms with van der Waals surface area (Å²) in [7, 11) is 0. The van der Waals surface area contributed by atoms with Crippen molar-refractivity contribution >= 4 is 45.7 Å². The number of carbonyl (C=O) groups is 1. The second-order valence-electron chi connectivity index (χ2n) is 5.16. The molecule has 2 aromatic carbocycles. The lowest BCUT2D eigenvalue weighted by atomic mass is 10.1. The molecule has 2 N–H and O–H groups in total. The van der Waals surface area contributed by atoms with Crippen molar-refractivity contribution in [2.24, 2.45) is 0 Å². The summed E-state index contributed by atoms with van der Waals surface area (Å²) in [5.74, 6) is -0.131. The fourth-order valence-electron chi connectivity index (χ4n) is 2.55. The first kappa shape index (κ1) is 14.9. The predicted octanol–water partition coefficient (Wildman–Crippen LogP) is 4.96. The Morgan fingerprint density at radius 2 is 2.05 bits per heavy atom. The molecule has 22 heavy (non-hydrogen) atoms. The molecular weight excluding hydrogens is 319 g/mol. The van der Waals surface area contributed by atoms with Gasteiger partial charge in [0.05, 0.1) is 17.1 Å². The lowest BCUT2D eigenvalue weighted by Crippen LogP contribution is -2.14. The van der Waals surface area contributed by atoms with Gasteiger partial charge in [0.15, 0.2) is 0 Å². The molecule has 1 amide bonds. The van der Waals surface area contributed by atoms with Gasteiger partial charge in [0, 0.05) is 22.1 Å². The molecule has 3 rings (SSSR count). The third-order valence-corrected chi connectivity index (χ3v) is 4.11. The van der Waals surface area contributed by atoms with Crippen LogP contribution in [0, 0.1) is 6.92 Å². The maximum Gasteiger partial charge on any atom is 0.228 e. The van der Waals surface area contributed by atoms with Crippen molar-refractivity contribution in [3.8, 4) is 0 Å². The maximum atomic E-state index is 12.3. The van der Waals surface area contributed by atoms with E-state index >= 15 is 0 Å². The molecule has 0 saturated heterocycles. The number of nitrogens with one attached hydrogen (secondary N) is 2. The van der Waals surface area contributed by atoms with Crippen molar-refractivity contribution in [1.29, 1.82) is 0 Å². The van der Waals surface area contributed by atoms with Gasteiger partial charge in [-0.2, -0.15) is 0 Å². The zero-order valence-corrected chi connectivity index (χ0v) is 13.4. The van der Waals surface area contributed by atoms with Gasteiger partial charge in [-0.3, -0.25) is 4.79 Å². The molecule has 0 aliphatic heterocycles. The van der Waals surface area contributed by atoms with Gasteiger partial charge in [0.25, 0.3) is 0 Å². The Kier molecular flexibility index (Phi) is 4.10. The SMILES string of the molecule is Cc1cccc2[nH]cc(CC(=O)Nc3cc(Cl)ccc3Cl)c12. The van der Waals surface area contributed by atoms with Gasteiger partial charge in [0.2, 0.25) is 5.91 Å². The van der Waals surface area contributed by atoms with Gasteiger partial charge < -0.3 is 10.3 Å². The molecule has 0 bridgehead atoms. The molecule has 0 radical (unpaired) electrons. The first-order chi connectivity index (χ1) is 10.5. The van der Waals surface area contributed by atoms with Gasteiger partial charge in [-0.1, -0.05) is 35.3 Å². The number of halogens is 2. The minimum absolute atomic E-state index is 0.131. The Bertz CT molecular complexity index is 855. The van der Waals surface area contributed by atoms with E-state index in [4.69, 9.17) is 23.2 Å². The molecule has 3 nitrogen and oxygen atoms in total. The average molecular weight is 333 g/mol. The fraction of sp³-hybridized carbons (Fsp3) is 0.118. The molecule has 0 atom stereocenters. The first-order valence-corrected chi connectivity index (χ1v) is 7.60. The highest BCUT2D eigenvalue weighted by Gasteiger charge is 2.12. The van der Waals surface area contributed by atoms with Gasteiger partial charge >= 0.3 is 0 Å². The van der Waals surface area contributed by atoms with Crippen molar-refractivity contribution in [3.05, 3.63) is 63.8 Å². The summed E-state index contributed by atoms with van der Waals surface area (Å²) in [5.41, 5.74) is 3.66. The average Bonchev–Trinajstić information content (AvgIpc) is 2.87. The summed E-state index contributed by atoms with van der Waals surface area (Å²) in [4.78, 5) is 15.5. The van der Waals surface area contributed by atoms with E-state index in [-0.39, 0.29) is 12.3 Å². The number of carbonyl (C=O) groups excluding carboxylic acids is 1. The van der Waals surface area contributed by atoms with Gasteiger partial charge in [0.1, 0.15) is 0 Å². The lowest BCUT2D eigenvalue weighted by Gasteiger charge is -2.08. The van der Waals surface area contributed by atoms with Crippen molar-refractivity contribution in [1.82, 2.24) is 4.98 Å². The summed E-state index contributed by atoms with van der Waals surface area (Å²) in [6.07, 6.45) is 2.14.